The van der Waals surface area contributed by atoms with Crippen molar-refractivity contribution in [2.75, 3.05) is 0 Å². The van der Waals surface area contributed by atoms with E-state index in [0.29, 0.717) is 16.5 Å². The Hall–Kier alpha value is -1.42. The molecule has 2 aromatic heterocycles. The van der Waals surface area contributed by atoms with Crippen molar-refractivity contribution in [2.24, 2.45) is 0 Å². The quantitative estimate of drug-likeness (QED) is 0.621. The zero-order chi connectivity index (χ0) is 8.55. The summed E-state index contributed by atoms with van der Waals surface area (Å²) in [4.78, 5) is 18.2. The lowest BCUT2D eigenvalue weighted by atomic mass is 10.5. The van der Waals surface area contributed by atoms with Gasteiger partial charge in [0.2, 0.25) is 0 Å². The van der Waals surface area contributed by atoms with Crippen LogP contribution in [-0.2, 0) is 0 Å². The average molecular weight is 182 g/mol. The van der Waals surface area contributed by atoms with Crippen molar-refractivity contribution in [3.8, 4) is 0 Å². The summed E-state index contributed by atoms with van der Waals surface area (Å²) in [5.74, 6) is 0. The molecule has 4 nitrogen and oxygen atoms in total. The largest absolute Gasteiger partial charge is 0.296 e. The molecule has 0 bridgehead atoms. The van der Waals surface area contributed by atoms with E-state index in [4.69, 9.17) is 11.6 Å². The third-order valence-corrected chi connectivity index (χ3v) is 1.71. The molecule has 0 amide bonds. The van der Waals surface area contributed by atoms with E-state index in [9.17, 15) is 4.79 Å². The zero-order valence-corrected chi connectivity index (χ0v) is 6.69. The van der Waals surface area contributed by atoms with Crippen LogP contribution in [0.4, 0.5) is 0 Å². The van der Waals surface area contributed by atoms with Crippen molar-refractivity contribution in [2.45, 2.75) is 0 Å². The van der Waals surface area contributed by atoms with E-state index in [0.717, 1.165) is 6.29 Å². The lowest BCUT2D eigenvalue weighted by molar-refractivity contribution is 0.111. The molecule has 0 aliphatic carbocycles. The molecule has 0 saturated carbocycles. The van der Waals surface area contributed by atoms with Crippen LogP contribution in [0.15, 0.2) is 18.6 Å². The molecule has 0 aromatic carbocycles. The van der Waals surface area contributed by atoms with Crippen LogP contribution in [0.25, 0.3) is 5.65 Å². The maximum absolute atomic E-state index is 10.5. The summed E-state index contributed by atoms with van der Waals surface area (Å²) in [6, 6.07) is 0. The van der Waals surface area contributed by atoms with Crippen LogP contribution in [0.5, 0.6) is 0 Å². The van der Waals surface area contributed by atoms with Gasteiger partial charge in [0.25, 0.3) is 0 Å². The maximum Gasteiger partial charge on any atom is 0.168 e. The summed E-state index contributed by atoms with van der Waals surface area (Å²) in [6.07, 6.45) is 5.25. The van der Waals surface area contributed by atoms with Gasteiger partial charge in [0.15, 0.2) is 11.9 Å². The predicted octanol–water partition coefficient (Wildman–Crippen LogP) is 1.20. The molecule has 0 fully saturated rings. The third-order valence-electron chi connectivity index (χ3n) is 1.51. The van der Waals surface area contributed by atoms with Crippen LogP contribution < -0.4 is 0 Å². The smallest absolute Gasteiger partial charge is 0.168 e. The number of hydrogen-bond donors (Lipinski definition) is 0. The molecule has 5 heteroatoms. The fraction of sp³-hybridized carbons (Fsp3) is 0. The van der Waals surface area contributed by atoms with Gasteiger partial charge in [-0.15, -0.1) is 0 Å². The second-order valence-electron chi connectivity index (χ2n) is 2.24. The molecule has 12 heavy (non-hydrogen) atoms. The lowest BCUT2D eigenvalue weighted by Gasteiger charge is -1.93. The molecule has 2 rings (SSSR count). The molecule has 2 heterocycles. The van der Waals surface area contributed by atoms with Crippen molar-refractivity contribution in [1.29, 1.82) is 0 Å². The van der Waals surface area contributed by atoms with Gasteiger partial charge in [-0.1, -0.05) is 11.6 Å². The van der Waals surface area contributed by atoms with Crippen LogP contribution in [0.2, 0.25) is 5.15 Å². The number of rotatable bonds is 1. The van der Waals surface area contributed by atoms with E-state index in [1.807, 2.05) is 0 Å². The molecule has 0 saturated heterocycles. The van der Waals surface area contributed by atoms with Crippen LogP contribution >= 0.6 is 11.6 Å². The first-order chi connectivity index (χ1) is 5.81. The Labute approximate surface area is 72.8 Å². The van der Waals surface area contributed by atoms with Crippen LogP contribution in [-0.4, -0.2) is 20.7 Å². The topological polar surface area (TPSA) is 47.3 Å². The van der Waals surface area contributed by atoms with E-state index in [-0.39, 0.29) is 0 Å². The molecule has 0 unspecified atom stereocenters. The minimum Gasteiger partial charge on any atom is -0.296 e. The van der Waals surface area contributed by atoms with E-state index in [2.05, 4.69) is 9.97 Å². The summed E-state index contributed by atoms with van der Waals surface area (Å²) in [5.41, 5.74) is 1.08. The number of halogens is 1. The third kappa shape index (κ3) is 0.967. The molecule has 60 valence electrons. The van der Waals surface area contributed by atoms with E-state index < -0.39 is 0 Å². The monoisotopic (exact) mass is 181 g/mol. The number of fused-ring (bicyclic) bond motifs is 1. The standard InChI is InChI=1S/C7H4ClN3O/c8-6-3-11-5(4-12)1-10-7(11)2-9-6/h1-4H. The van der Waals surface area contributed by atoms with E-state index in [1.165, 1.54) is 12.4 Å². The summed E-state index contributed by atoms with van der Waals surface area (Å²) >= 11 is 5.63. The Morgan fingerprint density at radius 2 is 2.25 bits per heavy atom. The first-order valence-corrected chi connectivity index (χ1v) is 3.63. The van der Waals surface area contributed by atoms with Gasteiger partial charge in [-0.2, -0.15) is 0 Å². The highest BCUT2D eigenvalue weighted by Crippen LogP contribution is 2.08. The molecule has 2 aromatic rings. The van der Waals surface area contributed by atoms with Crippen molar-refractivity contribution in [1.82, 2.24) is 14.4 Å². The highest BCUT2D eigenvalue weighted by atomic mass is 35.5. The van der Waals surface area contributed by atoms with Gasteiger partial charge in [0, 0.05) is 6.20 Å². The van der Waals surface area contributed by atoms with Crippen LogP contribution in [0.1, 0.15) is 10.5 Å². The summed E-state index contributed by atoms with van der Waals surface area (Å²) in [6.45, 7) is 0. The second-order valence-corrected chi connectivity index (χ2v) is 2.63. The van der Waals surface area contributed by atoms with E-state index >= 15 is 0 Å². The second kappa shape index (κ2) is 2.57. The fourth-order valence-electron chi connectivity index (χ4n) is 0.972. The van der Waals surface area contributed by atoms with Crippen LogP contribution in [0.3, 0.4) is 0 Å². The van der Waals surface area contributed by atoms with Crippen molar-refractivity contribution in [3.05, 3.63) is 29.4 Å². The van der Waals surface area contributed by atoms with Gasteiger partial charge in [0.05, 0.1) is 12.4 Å². The number of hydrogen-bond acceptors (Lipinski definition) is 3. The summed E-state index contributed by atoms with van der Waals surface area (Å²) < 4.78 is 1.59. The Morgan fingerprint density at radius 3 is 3.00 bits per heavy atom. The van der Waals surface area contributed by atoms with E-state index in [1.54, 1.807) is 10.6 Å². The van der Waals surface area contributed by atoms with Crippen molar-refractivity contribution in [3.63, 3.8) is 0 Å². The number of aromatic nitrogens is 3. The highest BCUT2D eigenvalue weighted by molar-refractivity contribution is 6.29. The normalized spacial score (nSPS) is 10.4. The lowest BCUT2D eigenvalue weighted by Crippen LogP contribution is -1.91. The molecular formula is C7H4ClN3O. The Morgan fingerprint density at radius 1 is 1.42 bits per heavy atom. The number of aldehydes is 1. The fourth-order valence-corrected chi connectivity index (χ4v) is 1.12. The zero-order valence-electron chi connectivity index (χ0n) is 5.94. The molecule has 0 aliphatic rings. The van der Waals surface area contributed by atoms with Gasteiger partial charge in [0.1, 0.15) is 10.8 Å². The summed E-state index contributed by atoms with van der Waals surface area (Å²) in [5, 5.41) is 0.337. The number of carbonyl (C=O) groups excluding carboxylic acids is 1. The highest BCUT2D eigenvalue weighted by Gasteiger charge is 2.01. The molecular weight excluding hydrogens is 178 g/mol. The van der Waals surface area contributed by atoms with Gasteiger partial charge in [-0.25, -0.2) is 9.97 Å². The SMILES string of the molecule is O=Cc1cnc2cnc(Cl)cn12. The summed E-state index contributed by atoms with van der Waals surface area (Å²) in [7, 11) is 0. The van der Waals surface area contributed by atoms with Crippen LogP contribution in [0, 0.1) is 0 Å². The number of carbonyl (C=O) groups is 1. The van der Waals surface area contributed by atoms with Gasteiger partial charge in [-0.05, 0) is 0 Å². The van der Waals surface area contributed by atoms with Crippen molar-refractivity contribution >= 4 is 23.5 Å². The Kier molecular flexibility index (Phi) is 1.55. The minimum atomic E-state index is 0.337. The van der Waals surface area contributed by atoms with Crippen molar-refractivity contribution < 1.29 is 4.79 Å². The molecule has 0 aliphatic heterocycles. The first-order valence-electron chi connectivity index (χ1n) is 3.25. The van der Waals surface area contributed by atoms with Gasteiger partial charge < -0.3 is 0 Å². The molecule has 0 N–H and O–H groups in total. The average Bonchev–Trinajstić information content (AvgIpc) is 2.46. The predicted molar refractivity (Wildman–Crippen MR) is 43.4 cm³/mol. The first kappa shape index (κ1) is 7.24. The number of nitrogens with zero attached hydrogens (tertiary/aromatic N) is 3. The van der Waals surface area contributed by atoms with Gasteiger partial charge in [-0.3, -0.25) is 9.20 Å². The number of imidazole rings is 1. The maximum atomic E-state index is 10.5. The Bertz CT molecular complexity index is 437. The van der Waals surface area contributed by atoms with Gasteiger partial charge >= 0.3 is 0 Å². The molecule has 0 radical (unpaired) electrons. The Balaban J connectivity index is 2.83. The molecule has 0 atom stereocenters. The molecule has 0 spiro atoms. The minimum absolute atomic E-state index is 0.337.